The van der Waals surface area contributed by atoms with Crippen LogP contribution in [0.15, 0.2) is 0 Å². The first-order valence-corrected chi connectivity index (χ1v) is 7.85. The topological polar surface area (TPSA) is 15.3 Å². The zero-order chi connectivity index (χ0) is 12.0. The summed E-state index contributed by atoms with van der Waals surface area (Å²) in [4.78, 5) is 2.66. The SMILES string of the molecule is CCSCCCN1CC(C(C)C)NCC1C. The fourth-order valence-electron chi connectivity index (χ4n) is 2.22. The van der Waals surface area contributed by atoms with E-state index in [1.165, 1.54) is 31.0 Å². The van der Waals surface area contributed by atoms with E-state index in [0.717, 1.165) is 12.5 Å². The van der Waals surface area contributed by atoms with Gasteiger partial charge in [0.05, 0.1) is 0 Å². The van der Waals surface area contributed by atoms with Crippen LogP contribution in [0.1, 0.15) is 34.1 Å². The Bertz CT molecular complexity index is 185. The zero-order valence-electron chi connectivity index (χ0n) is 11.3. The number of nitrogens with zero attached hydrogens (tertiary/aromatic N) is 1. The third-order valence-electron chi connectivity index (χ3n) is 3.47. The Hall–Kier alpha value is 0.270. The molecule has 16 heavy (non-hydrogen) atoms. The molecule has 0 radical (unpaired) electrons. The largest absolute Gasteiger partial charge is 0.311 e. The van der Waals surface area contributed by atoms with Gasteiger partial charge in [0.15, 0.2) is 0 Å². The van der Waals surface area contributed by atoms with Crippen molar-refractivity contribution in [2.24, 2.45) is 5.92 Å². The summed E-state index contributed by atoms with van der Waals surface area (Å²) < 4.78 is 0. The van der Waals surface area contributed by atoms with Crippen molar-refractivity contribution in [1.29, 1.82) is 0 Å². The maximum Gasteiger partial charge on any atom is 0.0218 e. The van der Waals surface area contributed by atoms with Crippen LogP contribution in [-0.4, -0.2) is 48.1 Å². The molecule has 1 aliphatic rings. The number of piperazine rings is 1. The highest BCUT2D eigenvalue weighted by Gasteiger charge is 2.25. The van der Waals surface area contributed by atoms with Gasteiger partial charge in [-0.05, 0) is 37.3 Å². The van der Waals surface area contributed by atoms with E-state index in [1.54, 1.807) is 0 Å². The molecular formula is C13H28N2S. The van der Waals surface area contributed by atoms with E-state index in [0.29, 0.717) is 12.1 Å². The fraction of sp³-hybridized carbons (Fsp3) is 1.00. The molecule has 0 bridgehead atoms. The normalized spacial score (nSPS) is 27.6. The van der Waals surface area contributed by atoms with Gasteiger partial charge >= 0.3 is 0 Å². The van der Waals surface area contributed by atoms with E-state index in [9.17, 15) is 0 Å². The summed E-state index contributed by atoms with van der Waals surface area (Å²) in [6.45, 7) is 12.9. The van der Waals surface area contributed by atoms with Crippen molar-refractivity contribution in [3.05, 3.63) is 0 Å². The van der Waals surface area contributed by atoms with Gasteiger partial charge < -0.3 is 5.32 Å². The van der Waals surface area contributed by atoms with Gasteiger partial charge in [-0.2, -0.15) is 11.8 Å². The van der Waals surface area contributed by atoms with E-state index in [2.05, 4.69) is 49.7 Å². The molecule has 0 aromatic rings. The summed E-state index contributed by atoms with van der Waals surface area (Å²) in [7, 11) is 0. The lowest BCUT2D eigenvalue weighted by Crippen LogP contribution is -2.57. The number of thioether (sulfide) groups is 1. The van der Waals surface area contributed by atoms with Gasteiger partial charge in [-0.3, -0.25) is 4.90 Å². The van der Waals surface area contributed by atoms with Crippen LogP contribution in [0.4, 0.5) is 0 Å². The number of nitrogens with one attached hydrogen (secondary N) is 1. The third kappa shape index (κ3) is 4.64. The van der Waals surface area contributed by atoms with Crippen molar-refractivity contribution >= 4 is 11.8 Å². The van der Waals surface area contributed by atoms with Gasteiger partial charge in [0.25, 0.3) is 0 Å². The van der Waals surface area contributed by atoms with Crippen molar-refractivity contribution in [2.45, 2.75) is 46.2 Å². The molecule has 1 rings (SSSR count). The molecule has 1 aliphatic heterocycles. The predicted molar refractivity (Wildman–Crippen MR) is 75.3 cm³/mol. The Morgan fingerprint density at radius 3 is 2.81 bits per heavy atom. The van der Waals surface area contributed by atoms with Gasteiger partial charge in [0, 0.05) is 25.2 Å². The van der Waals surface area contributed by atoms with E-state index < -0.39 is 0 Å². The van der Waals surface area contributed by atoms with Crippen LogP contribution < -0.4 is 5.32 Å². The second kappa shape index (κ2) is 7.57. The molecule has 2 nitrogen and oxygen atoms in total. The molecule has 2 unspecified atom stereocenters. The standard InChI is InChI=1S/C13H28N2S/c1-5-16-8-6-7-15-10-13(11(2)3)14-9-12(15)4/h11-14H,5-10H2,1-4H3. The van der Waals surface area contributed by atoms with Gasteiger partial charge in [0.2, 0.25) is 0 Å². The van der Waals surface area contributed by atoms with Crippen LogP contribution in [0.2, 0.25) is 0 Å². The quantitative estimate of drug-likeness (QED) is 0.723. The van der Waals surface area contributed by atoms with Gasteiger partial charge in [-0.25, -0.2) is 0 Å². The molecule has 0 aromatic heterocycles. The molecule has 1 N–H and O–H groups in total. The minimum Gasteiger partial charge on any atom is -0.311 e. The summed E-state index contributed by atoms with van der Waals surface area (Å²) in [6.07, 6.45) is 1.34. The minimum atomic E-state index is 0.690. The highest BCUT2D eigenvalue weighted by atomic mass is 32.2. The van der Waals surface area contributed by atoms with Crippen LogP contribution in [0.3, 0.4) is 0 Å². The Morgan fingerprint density at radius 2 is 2.19 bits per heavy atom. The highest BCUT2D eigenvalue weighted by molar-refractivity contribution is 7.99. The molecule has 0 aliphatic carbocycles. The predicted octanol–water partition coefficient (Wildman–Crippen LogP) is 2.45. The first kappa shape index (κ1) is 14.3. The monoisotopic (exact) mass is 244 g/mol. The van der Waals surface area contributed by atoms with Crippen molar-refractivity contribution < 1.29 is 0 Å². The lowest BCUT2D eigenvalue weighted by Gasteiger charge is -2.40. The molecule has 0 amide bonds. The lowest BCUT2D eigenvalue weighted by molar-refractivity contribution is 0.124. The van der Waals surface area contributed by atoms with Crippen molar-refractivity contribution in [3.63, 3.8) is 0 Å². The van der Waals surface area contributed by atoms with E-state index in [4.69, 9.17) is 0 Å². The Labute approximate surface area is 106 Å². The van der Waals surface area contributed by atoms with Crippen molar-refractivity contribution in [2.75, 3.05) is 31.1 Å². The summed E-state index contributed by atoms with van der Waals surface area (Å²) >= 11 is 2.06. The van der Waals surface area contributed by atoms with Crippen LogP contribution in [0.5, 0.6) is 0 Å². The maximum absolute atomic E-state index is 3.65. The third-order valence-corrected chi connectivity index (χ3v) is 4.46. The first-order chi connectivity index (χ1) is 7.65. The summed E-state index contributed by atoms with van der Waals surface area (Å²) in [5, 5.41) is 3.65. The number of rotatable bonds is 6. The second-order valence-corrected chi connectivity index (χ2v) is 6.55. The molecule has 96 valence electrons. The molecular weight excluding hydrogens is 216 g/mol. The molecule has 3 heteroatoms. The van der Waals surface area contributed by atoms with E-state index >= 15 is 0 Å². The fourth-order valence-corrected chi connectivity index (χ4v) is 2.84. The average molecular weight is 244 g/mol. The zero-order valence-corrected chi connectivity index (χ0v) is 12.1. The molecule has 0 saturated carbocycles. The second-order valence-electron chi connectivity index (χ2n) is 5.15. The molecule has 1 heterocycles. The lowest BCUT2D eigenvalue weighted by atomic mass is 10.00. The Balaban J connectivity index is 2.26. The number of hydrogen-bond donors (Lipinski definition) is 1. The molecule has 2 atom stereocenters. The van der Waals surface area contributed by atoms with E-state index in [-0.39, 0.29) is 0 Å². The smallest absolute Gasteiger partial charge is 0.0218 e. The summed E-state index contributed by atoms with van der Waals surface area (Å²) in [5.74, 6) is 3.32. The van der Waals surface area contributed by atoms with Crippen molar-refractivity contribution in [1.82, 2.24) is 10.2 Å². The van der Waals surface area contributed by atoms with Gasteiger partial charge in [-0.1, -0.05) is 20.8 Å². The maximum atomic E-state index is 3.65. The highest BCUT2D eigenvalue weighted by Crippen LogP contribution is 2.13. The Morgan fingerprint density at radius 1 is 1.44 bits per heavy atom. The van der Waals surface area contributed by atoms with Crippen LogP contribution in [0.25, 0.3) is 0 Å². The Kier molecular flexibility index (Phi) is 6.78. The van der Waals surface area contributed by atoms with Gasteiger partial charge in [-0.15, -0.1) is 0 Å². The molecule has 1 saturated heterocycles. The average Bonchev–Trinajstić information content (AvgIpc) is 2.26. The number of hydrogen-bond acceptors (Lipinski definition) is 3. The van der Waals surface area contributed by atoms with Crippen LogP contribution in [0, 0.1) is 5.92 Å². The van der Waals surface area contributed by atoms with Crippen LogP contribution in [-0.2, 0) is 0 Å². The minimum absolute atomic E-state index is 0.690. The first-order valence-electron chi connectivity index (χ1n) is 6.70. The summed E-state index contributed by atoms with van der Waals surface area (Å²) in [6, 6.07) is 1.40. The van der Waals surface area contributed by atoms with Crippen molar-refractivity contribution in [3.8, 4) is 0 Å². The molecule has 0 aromatic carbocycles. The van der Waals surface area contributed by atoms with E-state index in [1.807, 2.05) is 0 Å². The van der Waals surface area contributed by atoms with Crippen LogP contribution >= 0.6 is 11.8 Å². The molecule has 1 fully saturated rings. The summed E-state index contributed by atoms with van der Waals surface area (Å²) in [5.41, 5.74) is 0. The molecule has 0 spiro atoms. The van der Waals surface area contributed by atoms with Gasteiger partial charge in [0.1, 0.15) is 0 Å².